The van der Waals surface area contributed by atoms with E-state index in [1.165, 1.54) is 4.90 Å². The summed E-state index contributed by atoms with van der Waals surface area (Å²) in [4.78, 5) is 29.3. The number of pyridine rings is 1. The van der Waals surface area contributed by atoms with Crippen molar-refractivity contribution in [2.75, 3.05) is 4.90 Å². The van der Waals surface area contributed by atoms with E-state index in [0.717, 1.165) is 0 Å². The van der Waals surface area contributed by atoms with E-state index in [9.17, 15) is 9.59 Å². The summed E-state index contributed by atoms with van der Waals surface area (Å²) < 4.78 is 0. The van der Waals surface area contributed by atoms with Crippen LogP contribution in [0.1, 0.15) is 28.5 Å². The zero-order chi connectivity index (χ0) is 15.0. The number of carboxylic acids is 1. The number of carboxylic acid groups (broad SMARTS) is 1. The molecule has 0 saturated carbocycles. The maximum absolute atomic E-state index is 12.5. The lowest BCUT2D eigenvalue weighted by molar-refractivity contribution is -0.137. The van der Waals surface area contributed by atoms with Crippen molar-refractivity contribution in [3.8, 4) is 0 Å². The fraction of sp³-hybridized carbons (Fsp3) is 0.133. The van der Waals surface area contributed by atoms with E-state index in [0.29, 0.717) is 22.0 Å². The fourth-order valence-electron chi connectivity index (χ4n) is 2.51. The molecule has 1 N–H and O–H groups in total. The number of carbonyl (C=O) groups is 2. The average molecular weight is 303 g/mol. The lowest BCUT2D eigenvalue weighted by Gasteiger charge is -2.23. The van der Waals surface area contributed by atoms with Crippen molar-refractivity contribution in [1.29, 1.82) is 0 Å². The van der Waals surface area contributed by atoms with Crippen molar-refractivity contribution in [2.24, 2.45) is 0 Å². The smallest absolute Gasteiger partial charge is 0.305 e. The molecule has 2 heterocycles. The molecule has 21 heavy (non-hydrogen) atoms. The largest absolute Gasteiger partial charge is 0.481 e. The first-order chi connectivity index (χ1) is 10.1. The van der Waals surface area contributed by atoms with Gasteiger partial charge >= 0.3 is 5.97 Å². The molecule has 1 atom stereocenters. The van der Waals surface area contributed by atoms with Gasteiger partial charge in [-0.05, 0) is 36.4 Å². The lowest BCUT2D eigenvalue weighted by Crippen LogP contribution is -2.29. The molecule has 1 aromatic heterocycles. The summed E-state index contributed by atoms with van der Waals surface area (Å²) in [7, 11) is 0. The van der Waals surface area contributed by atoms with Gasteiger partial charge in [0.2, 0.25) is 0 Å². The maximum Gasteiger partial charge on any atom is 0.305 e. The number of amides is 1. The molecule has 2 aromatic rings. The summed E-state index contributed by atoms with van der Waals surface area (Å²) >= 11 is 5.85. The molecule has 1 aliphatic rings. The summed E-state index contributed by atoms with van der Waals surface area (Å²) in [5.41, 5.74) is 1.55. The van der Waals surface area contributed by atoms with Crippen molar-refractivity contribution in [1.82, 2.24) is 4.98 Å². The first-order valence-electron chi connectivity index (χ1n) is 6.34. The Bertz CT molecular complexity index is 715. The van der Waals surface area contributed by atoms with Gasteiger partial charge in [0.05, 0.1) is 23.7 Å². The standard InChI is InChI=1S/C15H11ClN2O3/c16-9-3-5-10(6-4-9)18-12(8-13(19)20)14-11(15(18)21)2-1-7-17-14/h1-7,12H,8H2,(H,19,20). The minimum Gasteiger partial charge on any atom is -0.481 e. The van der Waals surface area contributed by atoms with Gasteiger partial charge in [0, 0.05) is 16.9 Å². The van der Waals surface area contributed by atoms with E-state index in [2.05, 4.69) is 4.98 Å². The maximum atomic E-state index is 12.5. The van der Waals surface area contributed by atoms with Crippen LogP contribution in [0.5, 0.6) is 0 Å². The summed E-state index contributed by atoms with van der Waals surface area (Å²) in [6, 6.07) is 9.45. The molecule has 106 valence electrons. The SMILES string of the molecule is O=C(O)CC1c2ncccc2C(=O)N1c1ccc(Cl)cc1. The van der Waals surface area contributed by atoms with Crippen LogP contribution in [0, 0.1) is 0 Å². The van der Waals surface area contributed by atoms with Gasteiger partial charge in [0.15, 0.2) is 0 Å². The molecule has 0 bridgehead atoms. The van der Waals surface area contributed by atoms with E-state index in [1.54, 1.807) is 42.6 Å². The molecule has 1 amide bonds. The number of rotatable bonds is 3. The molecule has 1 aliphatic heterocycles. The minimum atomic E-state index is -0.981. The monoisotopic (exact) mass is 302 g/mol. The number of carbonyl (C=O) groups excluding carboxylic acids is 1. The number of hydrogen-bond acceptors (Lipinski definition) is 3. The van der Waals surface area contributed by atoms with Crippen molar-refractivity contribution in [3.05, 3.63) is 58.9 Å². The molecule has 3 rings (SSSR count). The predicted molar refractivity (Wildman–Crippen MR) is 77.5 cm³/mol. The van der Waals surface area contributed by atoms with Gasteiger partial charge in [0.25, 0.3) is 5.91 Å². The normalized spacial score (nSPS) is 16.9. The number of anilines is 1. The Hall–Kier alpha value is -2.40. The van der Waals surface area contributed by atoms with Crippen LogP contribution in [0.2, 0.25) is 5.02 Å². The van der Waals surface area contributed by atoms with E-state index in [4.69, 9.17) is 16.7 Å². The number of fused-ring (bicyclic) bond motifs is 1. The van der Waals surface area contributed by atoms with Crippen LogP contribution < -0.4 is 4.90 Å². The predicted octanol–water partition coefficient (Wildman–Crippen LogP) is 2.91. The number of halogens is 1. The molecule has 1 unspecified atom stereocenters. The van der Waals surface area contributed by atoms with Crippen LogP contribution in [0.15, 0.2) is 42.6 Å². The van der Waals surface area contributed by atoms with Crippen molar-refractivity contribution in [3.63, 3.8) is 0 Å². The van der Waals surface area contributed by atoms with Gasteiger partial charge < -0.3 is 5.11 Å². The Morgan fingerprint density at radius 1 is 1.29 bits per heavy atom. The van der Waals surface area contributed by atoms with Crippen LogP contribution in [0.4, 0.5) is 5.69 Å². The van der Waals surface area contributed by atoms with Gasteiger partial charge in [-0.25, -0.2) is 0 Å². The molecular weight excluding hydrogens is 292 g/mol. The third-order valence-electron chi connectivity index (χ3n) is 3.39. The zero-order valence-corrected chi connectivity index (χ0v) is 11.6. The van der Waals surface area contributed by atoms with Gasteiger partial charge in [-0.3, -0.25) is 19.5 Å². The molecule has 0 saturated heterocycles. The van der Waals surface area contributed by atoms with Gasteiger partial charge in [-0.1, -0.05) is 11.6 Å². The second kappa shape index (κ2) is 5.18. The highest BCUT2D eigenvalue weighted by molar-refractivity contribution is 6.30. The molecule has 0 aliphatic carbocycles. The summed E-state index contributed by atoms with van der Waals surface area (Å²) in [5.74, 6) is -1.23. The van der Waals surface area contributed by atoms with Gasteiger partial charge in [0.1, 0.15) is 0 Å². The van der Waals surface area contributed by atoms with Gasteiger partial charge in [-0.2, -0.15) is 0 Å². The zero-order valence-electron chi connectivity index (χ0n) is 10.9. The van der Waals surface area contributed by atoms with Crippen molar-refractivity contribution >= 4 is 29.2 Å². The van der Waals surface area contributed by atoms with E-state index < -0.39 is 12.0 Å². The second-order valence-electron chi connectivity index (χ2n) is 4.70. The molecule has 0 fully saturated rings. The minimum absolute atomic E-state index is 0.196. The molecule has 0 spiro atoms. The molecule has 6 heteroatoms. The Labute approximate surface area is 125 Å². The lowest BCUT2D eigenvalue weighted by atomic mass is 10.1. The van der Waals surface area contributed by atoms with Crippen LogP contribution in [0.3, 0.4) is 0 Å². The Morgan fingerprint density at radius 3 is 2.67 bits per heavy atom. The number of hydrogen-bond donors (Lipinski definition) is 1. The highest BCUT2D eigenvalue weighted by Crippen LogP contribution is 2.38. The van der Waals surface area contributed by atoms with Gasteiger partial charge in [-0.15, -0.1) is 0 Å². The van der Waals surface area contributed by atoms with E-state index in [1.807, 2.05) is 0 Å². The first-order valence-corrected chi connectivity index (χ1v) is 6.71. The molecule has 5 nitrogen and oxygen atoms in total. The number of benzene rings is 1. The van der Waals surface area contributed by atoms with Crippen LogP contribution >= 0.6 is 11.6 Å². The highest BCUT2D eigenvalue weighted by Gasteiger charge is 2.39. The summed E-state index contributed by atoms with van der Waals surface area (Å²) in [5, 5.41) is 9.66. The Kier molecular flexibility index (Phi) is 3.35. The quantitative estimate of drug-likeness (QED) is 0.946. The molecule has 0 radical (unpaired) electrons. The first kappa shape index (κ1) is 13.6. The second-order valence-corrected chi connectivity index (χ2v) is 5.14. The number of aliphatic carboxylic acids is 1. The molecular formula is C15H11ClN2O3. The Balaban J connectivity index is 2.08. The Morgan fingerprint density at radius 2 is 2.00 bits per heavy atom. The topological polar surface area (TPSA) is 70.5 Å². The van der Waals surface area contributed by atoms with E-state index in [-0.39, 0.29) is 12.3 Å². The van der Waals surface area contributed by atoms with Crippen LogP contribution in [-0.2, 0) is 4.79 Å². The van der Waals surface area contributed by atoms with Crippen molar-refractivity contribution < 1.29 is 14.7 Å². The third kappa shape index (κ3) is 2.36. The third-order valence-corrected chi connectivity index (χ3v) is 3.64. The fourth-order valence-corrected chi connectivity index (χ4v) is 2.64. The van der Waals surface area contributed by atoms with Crippen LogP contribution in [0.25, 0.3) is 0 Å². The summed E-state index contributed by atoms with van der Waals surface area (Å²) in [6.07, 6.45) is 1.37. The van der Waals surface area contributed by atoms with Crippen LogP contribution in [-0.4, -0.2) is 22.0 Å². The molecule has 1 aromatic carbocycles. The highest BCUT2D eigenvalue weighted by atomic mass is 35.5. The number of nitrogens with zero attached hydrogens (tertiary/aromatic N) is 2. The number of aromatic nitrogens is 1. The summed E-state index contributed by atoms with van der Waals surface area (Å²) in [6.45, 7) is 0. The van der Waals surface area contributed by atoms with Crippen molar-refractivity contribution in [2.45, 2.75) is 12.5 Å². The van der Waals surface area contributed by atoms with E-state index >= 15 is 0 Å². The average Bonchev–Trinajstić information content (AvgIpc) is 2.73.